The van der Waals surface area contributed by atoms with Crippen LogP contribution in [0.2, 0.25) is 0 Å². The molecule has 114 valence electrons. The fraction of sp³-hybridized carbons (Fsp3) is 0.647. The first kappa shape index (κ1) is 17.0. The third-order valence-corrected chi connectivity index (χ3v) is 3.20. The maximum atomic E-state index is 8.87. The van der Waals surface area contributed by atoms with E-state index in [2.05, 4.69) is 6.92 Å². The zero-order chi connectivity index (χ0) is 14.5. The van der Waals surface area contributed by atoms with Crippen LogP contribution >= 0.6 is 0 Å². The predicted molar refractivity (Wildman–Crippen MR) is 81.9 cm³/mol. The molecule has 0 saturated carbocycles. The second-order valence-electron chi connectivity index (χ2n) is 5.01. The van der Waals surface area contributed by atoms with Crippen LogP contribution < -0.4 is 4.74 Å². The van der Waals surface area contributed by atoms with E-state index in [0.717, 1.165) is 18.6 Å². The summed E-state index contributed by atoms with van der Waals surface area (Å²) in [5.74, 6) is 0.821. The van der Waals surface area contributed by atoms with Gasteiger partial charge in [-0.1, -0.05) is 57.2 Å². The van der Waals surface area contributed by atoms with Crippen molar-refractivity contribution in [1.29, 1.82) is 0 Å². The van der Waals surface area contributed by atoms with Crippen LogP contribution in [0.3, 0.4) is 0 Å². The van der Waals surface area contributed by atoms with E-state index in [1.807, 2.05) is 30.3 Å². The average Bonchev–Trinajstić information content (AvgIpc) is 2.49. The van der Waals surface area contributed by atoms with Gasteiger partial charge in [-0.05, 0) is 18.6 Å². The average molecular weight is 280 g/mol. The minimum atomic E-state index is -0.254. The van der Waals surface area contributed by atoms with Crippen LogP contribution in [-0.2, 0) is 4.74 Å². The summed E-state index contributed by atoms with van der Waals surface area (Å²) >= 11 is 0. The Morgan fingerprint density at radius 2 is 1.70 bits per heavy atom. The van der Waals surface area contributed by atoms with Crippen molar-refractivity contribution < 1.29 is 14.6 Å². The maximum absolute atomic E-state index is 8.87. The highest BCUT2D eigenvalue weighted by Crippen LogP contribution is 2.16. The van der Waals surface area contributed by atoms with Crippen LogP contribution in [0.1, 0.15) is 51.9 Å². The molecule has 0 radical (unpaired) electrons. The van der Waals surface area contributed by atoms with E-state index in [1.54, 1.807) is 0 Å². The van der Waals surface area contributed by atoms with E-state index >= 15 is 0 Å². The summed E-state index contributed by atoms with van der Waals surface area (Å²) in [7, 11) is 0. The van der Waals surface area contributed by atoms with Crippen molar-refractivity contribution in [3.8, 4) is 5.75 Å². The van der Waals surface area contributed by atoms with Crippen molar-refractivity contribution in [3.05, 3.63) is 30.3 Å². The molecule has 0 aromatic heterocycles. The smallest absolute Gasteiger partial charge is 0.199 e. The Morgan fingerprint density at radius 3 is 2.40 bits per heavy atom. The van der Waals surface area contributed by atoms with Crippen LogP contribution in [0.15, 0.2) is 30.3 Å². The molecule has 20 heavy (non-hydrogen) atoms. The first-order valence-corrected chi connectivity index (χ1v) is 7.81. The number of para-hydroxylation sites is 1. The summed E-state index contributed by atoms with van der Waals surface area (Å²) in [5.41, 5.74) is 0. The summed E-state index contributed by atoms with van der Waals surface area (Å²) in [6, 6.07) is 9.71. The lowest BCUT2D eigenvalue weighted by Gasteiger charge is -2.19. The molecule has 1 N–H and O–H groups in total. The third kappa shape index (κ3) is 8.18. The summed E-state index contributed by atoms with van der Waals surface area (Å²) < 4.78 is 11.4. The first-order valence-electron chi connectivity index (χ1n) is 7.81. The second-order valence-corrected chi connectivity index (χ2v) is 5.01. The monoisotopic (exact) mass is 280 g/mol. The van der Waals surface area contributed by atoms with Gasteiger partial charge >= 0.3 is 0 Å². The zero-order valence-electron chi connectivity index (χ0n) is 12.6. The summed E-state index contributed by atoms with van der Waals surface area (Å²) in [5, 5.41) is 8.87. The molecule has 0 aliphatic carbocycles. The van der Waals surface area contributed by atoms with Crippen molar-refractivity contribution in [1.82, 2.24) is 0 Å². The molecule has 0 bridgehead atoms. The molecule has 0 fully saturated rings. The molecular weight excluding hydrogens is 252 g/mol. The van der Waals surface area contributed by atoms with Gasteiger partial charge in [-0.15, -0.1) is 0 Å². The Morgan fingerprint density at radius 1 is 1.00 bits per heavy atom. The largest absolute Gasteiger partial charge is 0.465 e. The van der Waals surface area contributed by atoms with E-state index in [9.17, 15) is 0 Å². The molecule has 1 unspecified atom stereocenters. The quantitative estimate of drug-likeness (QED) is 0.462. The molecular formula is C17H28O3. The number of unbranched alkanes of at least 4 members (excludes halogenated alkanes) is 5. The number of ether oxygens (including phenoxy) is 2. The van der Waals surface area contributed by atoms with Gasteiger partial charge in [0.15, 0.2) is 6.29 Å². The normalized spacial score (nSPS) is 12.3. The molecule has 0 saturated heterocycles. The van der Waals surface area contributed by atoms with Crippen molar-refractivity contribution in [2.75, 3.05) is 13.2 Å². The number of benzene rings is 1. The molecule has 0 heterocycles. The number of aliphatic hydroxyl groups excluding tert-OH is 1. The van der Waals surface area contributed by atoms with Gasteiger partial charge in [-0.2, -0.15) is 0 Å². The Bertz CT molecular complexity index is 313. The van der Waals surface area contributed by atoms with Crippen molar-refractivity contribution in [3.63, 3.8) is 0 Å². The third-order valence-electron chi connectivity index (χ3n) is 3.20. The summed E-state index contributed by atoms with van der Waals surface area (Å²) in [4.78, 5) is 0. The molecule has 1 rings (SSSR count). The Labute approximate surface area is 122 Å². The van der Waals surface area contributed by atoms with Crippen LogP contribution in [0.4, 0.5) is 0 Å². The lowest BCUT2D eigenvalue weighted by Crippen LogP contribution is -2.22. The lowest BCUT2D eigenvalue weighted by atomic mass is 10.1. The highest BCUT2D eigenvalue weighted by Gasteiger charge is 2.10. The summed E-state index contributed by atoms with van der Waals surface area (Å²) in [6.45, 7) is 2.59. The fourth-order valence-electron chi connectivity index (χ4n) is 2.10. The van der Waals surface area contributed by atoms with E-state index < -0.39 is 0 Å². The molecule has 0 amide bonds. The van der Waals surface area contributed by atoms with Crippen LogP contribution in [0.5, 0.6) is 5.75 Å². The van der Waals surface area contributed by atoms with Gasteiger partial charge in [0.25, 0.3) is 0 Å². The van der Waals surface area contributed by atoms with Gasteiger partial charge < -0.3 is 14.6 Å². The highest BCUT2D eigenvalue weighted by molar-refractivity contribution is 5.20. The molecule has 3 heteroatoms. The van der Waals surface area contributed by atoms with E-state index in [0.29, 0.717) is 6.61 Å². The lowest BCUT2D eigenvalue weighted by molar-refractivity contribution is -0.0937. The van der Waals surface area contributed by atoms with Crippen molar-refractivity contribution >= 4 is 0 Å². The topological polar surface area (TPSA) is 38.7 Å². The zero-order valence-corrected chi connectivity index (χ0v) is 12.6. The first-order chi connectivity index (χ1) is 9.86. The van der Waals surface area contributed by atoms with Gasteiger partial charge in [0.2, 0.25) is 0 Å². The van der Waals surface area contributed by atoms with E-state index in [1.165, 1.54) is 32.1 Å². The van der Waals surface area contributed by atoms with Gasteiger partial charge in [-0.25, -0.2) is 0 Å². The van der Waals surface area contributed by atoms with Crippen LogP contribution in [0, 0.1) is 0 Å². The molecule has 3 nitrogen and oxygen atoms in total. The summed E-state index contributed by atoms with van der Waals surface area (Å²) in [6.07, 6.45) is 8.15. The Kier molecular flexibility index (Phi) is 9.98. The second kappa shape index (κ2) is 11.7. The molecule has 0 aliphatic heterocycles. The van der Waals surface area contributed by atoms with Crippen molar-refractivity contribution in [2.45, 2.75) is 58.2 Å². The molecule has 0 spiro atoms. The maximum Gasteiger partial charge on any atom is 0.199 e. The number of hydrogen-bond donors (Lipinski definition) is 1. The number of aliphatic hydroxyl groups is 1. The van der Waals surface area contributed by atoms with E-state index in [-0.39, 0.29) is 12.9 Å². The molecule has 1 aromatic rings. The Hall–Kier alpha value is -1.06. The minimum Gasteiger partial charge on any atom is -0.465 e. The van der Waals surface area contributed by atoms with Gasteiger partial charge in [0.1, 0.15) is 5.75 Å². The Balaban J connectivity index is 2.25. The standard InChI is InChI=1S/C17H28O3/c1-2-3-4-5-6-10-13-17(19-15-14-18)20-16-11-8-7-9-12-16/h7-9,11-12,17-18H,2-6,10,13-15H2,1H3. The molecule has 1 atom stereocenters. The minimum absolute atomic E-state index is 0.0329. The van der Waals surface area contributed by atoms with Gasteiger partial charge in [-0.3, -0.25) is 0 Å². The fourth-order valence-corrected chi connectivity index (χ4v) is 2.10. The number of rotatable bonds is 12. The van der Waals surface area contributed by atoms with Crippen molar-refractivity contribution in [2.24, 2.45) is 0 Å². The SMILES string of the molecule is CCCCCCCCC(OCCO)Oc1ccccc1. The molecule has 1 aromatic carbocycles. The van der Waals surface area contributed by atoms with Crippen LogP contribution in [-0.4, -0.2) is 24.6 Å². The van der Waals surface area contributed by atoms with Crippen LogP contribution in [0.25, 0.3) is 0 Å². The molecule has 0 aliphatic rings. The van der Waals surface area contributed by atoms with Gasteiger partial charge in [0, 0.05) is 6.42 Å². The predicted octanol–water partition coefficient (Wildman–Crippen LogP) is 4.15. The number of hydrogen-bond acceptors (Lipinski definition) is 3. The highest BCUT2D eigenvalue weighted by atomic mass is 16.7. The van der Waals surface area contributed by atoms with E-state index in [4.69, 9.17) is 14.6 Å². The van der Waals surface area contributed by atoms with Gasteiger partial charge in [0.05, 0.1) is 13.2 Å².